The number of halogens is 2. The maximum atomic E-state index is 10.5. The summed E-state index contributed by atoms with van der Waals surface area (Å²) >= 11 is 6.85. The molecule has 0 amide bonds. The molecule has 0 saturated heterocycles. The molecule has 0 radical (unpaired) electrons. The highest BCUT2D eigenvalue weighted by Gasteiger charge is 2.03. The molecule has 0 heterocycles. The number of aryl methyl sites for hydroxylation is 1. The Morgan fingerprint density at radius 3 is 2.38 bits per heavy atom. The topological polar surface area (TPSA) is 46.5 Å². The molecule has 21 heavy (non-hydrogen) atoms. The molecule has 2 aromatic carbocycles. The molecule has 2 aromatic rings. The normalized spacial score (nSPS) is 10.8. The highest BCUT2D eigenvalue weighted by Crippen LogP contribution is 2.29. The second-order valence-corrected chi connectivity index (χ2v) is 6.08. The summed E-state index contributed by atoms with van der Waals surface area (Å²) in [6.07, 6.45) is 2.62. The van der Waals surface area contributed by atoms with Gasteiger partial charge in [0.2, 0.25) is 0 Å². The molecule has 0 aliphatic carbocycles. The summed E-state index contributed by atoms with van der Waals surface area (Å²) in [5, 5.41) is 8.63. The summed E-state index contributed by atoms with van der Waals surface area (Å²) in [4.78, 5) is 10.5. The van der Waals surface area contributed by atoms with Crippen LogP contribution >= 0.6 is 31.9 Å². The maximum absolute atomic E-state index is 10.5. The molecule has 108 valence electrons. The Morgan fingerprint density at radius 1 is 1.10 bits per heavy atom. The van der Waals surface area contributed by atoms with Gasteiger partial charge in [-0.05, 0) is 54.5 Å². The van der Waals surface area contributed by atoms with E-state index in [1.807, 2.05) is 25.1 Å². The lowest BCUT2D eigenvalue weighted by atomic mass is 10.2. The molecule has 0 saturated carbocycles. The highest BCUT2D eigenvalue weighted by molar-refractivity contribution is 9.10. The van der Waals surface area contributed by atoms with E-state index in [9.17, 15) is 4.79 Å². The van der Waals surface area contributed by atoms with Crippen LogP contribution in [0.2, 0.25) is 0 Å². The van der Waals surface area contributed by atoms with Gasteiger partial charge in [-0.3, -0.25) is 0 Å². The van der Waals surface area contributed by atoms with Crippen LogP contribution in [0.3, 0.4) is 0 Å². The van der Waals surface area contributed by atoms with E-state index in [1.54, 1.807) is 18.2 Å². The van der Waals surface area contributed by atoms with Crippen LogP contribution in [0.1, 0.15) is 11.1 Å². The van der Waals surface area contributed by atoms with Gasteiger partial charge in [0, 0.05) is 15.0 Å². The standard InChI is InChI=1S/C16H12Br2O3/c1-10-8-12(5-6-14(10)17)21-13-4-2-11(15(18)9-13)3-7-16(19)20/h2-9H,1H3,(H,19,20)/b7-3+. The van der Waals surface area contributed by atoms with Gasteiger partial charge in [-0.1, -0.05) is 37.9 Å². The summed E-state index contributed by atoms with van der Waals surface area (Å²) in [6, 6.07) is 11.1. The van der Waals surface area contributed by atoms with E-state index in [0.717, 1.165) is 31.9 Å². The molecule has 1 N–H and O–H groups in total. The second kappa shape index (κ2) is 6.91. The molecule has 5 heteroatoms. The first kappa shape index (κ1) is 15.8. The first-order valence-electron chi connectivity index (χ1n) is 6.10. The zero-order valence-electron chi connectivity index (χ0n) is 11.1. The Kier molecular flexibility index (Phi) is 5.20. The van der Waals surface area contributed by atoms with Crippen LogP contribution in [0.25, 0.3) is 6.08 Å². The van der Waals surface area contributed by atoms with Crippen molar-refractivity contribution in [2.75, 3.05) is 0 Å². The van der Waals surface area contributed by atoms with Crippen molar-refractivity contribution >= 4 is 43.9 Å². The van der Waals surface area contributed by atoms with Crippen molar-refractivity contribution in [3.63, 3.8) is 0 Å². The molecule has 0 spiro atoms. The minimum atomic E-state index is -0.979. The molecule has 0 aliphatic rings. The fraction of sp³-hybridized carbons (Fsp3) is 0.0625. The van der Waals surface area contributed by atoms with E-state index < -0.39 is 5.97 Å². The van der Waals surface area contributed by atoms with E-state index >= 15 is 0 Å². The summed E-state index contributed by atoms with van der Waals surface area (Å²) in [5.41, 5.74) is 1.87. The number of hydrogen-bond acceptors (Lipinski definition) is 2. The smallest absolute Gasteiger partial charge is 0.328 e. The van der Waals surface area contributed by atoms with Crippen molar-refractivity contribution in [1.29, 1.82) is 0 Å². The SMILES string of the molecule is Cc1cc(Oc2ccc(/C=C/C(=O)O)c(Br)c2)ccc1Br. The average molecular weight is 412 g/mol. The van der Waals surface area contributed by atoms with Crippen LogP contribution in [0.4, 0.5) is 0 Å². The molecule has 0 fully saturated rings. The number of carboxylic acids is 1. The highest BCUT2D eigenvalue weighted by atomic mass is 79.9. The molecule has 0 aromatic heterocycles. The molecule has 2 rings (SSSR count). The van der Waals surface area contributed by atoms with E-state index in [0.29, 0.717) is 5.75 Å². The van der Waals surface area contributed by atoms with Gasteiger partial charge in [-0.15, -0.1) is 0 Å². The van der Waals surface area contributed by atoms with Gasteiger partial charge in [0.05, 0.1) is 0 Å². The Labute approximate surface area is 139 Å². The quantitative estimate of drug-likeness (QED) is 0.684. The van der Waals surface area contributed by atoms with E-state index in [-0.39, 0.29) is 0 Å². The lowest BCUT2D eigenvalue weighted by Crippen LogP contribution is -1.88. The molecular formula is C16H12Br2O3. The second-order valence-electron chi connectivity index (χ2n) is 4.37. The number of carboxylic acid groups (broad SMARTS) is 1. The maximum Gasteiger partial charge on any atom is 0.328 e. The summed E-state index contributed by atoms with van der Waals surface area (Å²) in [5.74, 6) is 0.445. The number of rotatable bonds is 4. The Hall–Kier alpha value is -1.59. The van der Waals surface area contributed by atoms with Gasteiger partial charge < -0.3 is 9.84 Å². The summed E-state index contributed by atoms with van der Waals surface area (Å²) in [7, 11) is 0. The zero-order chi connectivity index (χ0) is 15.4. The first-order chi connectivity index (χ1) is 9.95. The molecule has 0 atom stereocenters. The van der Waals surface area contributed by atoms with Crippen molar-refractivity contribution in [1.82, 2.24) is 0 Å². The van der Waals surface area contributed by atoms with E-state index in [4.69, 9.17) is 9.84 Å². The molecular weight excluding hydrogens is 400 g/mol. The van der Waals surface area contributed by atoms with Gasteiger partial charge in [0.25, 0.3) is 0 Å². The lowest BCUT2D eigenvalue weighted by molar-refractivity contribution is -0.131. The van der Waals surface area contributed by atoms with Crippen LogP contribution in [0.15, 0.2) is 51.4 Å². The Balaban J connectivity index is 2.20. The fourth-order valence-electron chi connectivity index (χ4n) is 1.68. The van der Waals surface area contributed by atoms with Crippen molar-refractivity contribution < 1.29 is 14.6 Å². The number of aliphatic carboxylic acids is 1. The van der Waals surface area contributed by atoms with Crippen molar-refractivity contribution in [2.24, 2.45) is 0 Å². The average Bonchev–Trinajstić information content (AvgIpc) is 2.42. The van der Waals surface area contributed by atoms with E-state index in [2.05, 4.69) is 31.9 Å². The minimum Gasteiger partial charge on any atom is -0.478 e. The third-order valence-corrected chi connectivity index (χ3v) is 4.32. The van der Waals surface area contributed by atoms with Gasteiger partial charge in [-0.25, -0.2) is 4.79 Å². The number of ether oxygens (including phenoxy) is 1. The van der Waals surface area contributed by atoms with Gasteiger partial charge >= 0.3 is 5.97 Å². The van der Waals surface area contributed by atoms with Crippen molar-refractivity contribution in [3.05, 3.63) is 62.5 Å². The molecule has 3 nitrogen and oxygen atoms in total. The first-order valence-corrected chi connectivity index (χ1v) is 7.69. The van der Waals surface area contributed by atoms with Gasteiger partial charge in [0.15, 0.2) is 0 Å². The Morgan fingerprint density at radius 2 is 1.76 bits per heavy atom. The summed E-state index contributed by atoms with van der Waals surface area (Å²) < 4.78 is 7.59. The molecule has 0 aliphatic heterocycles. The van der Waals surface area contributed by atoms with Crippen LogP contribution in [-0.2, 0) is 4.79 Å². The summed E-state index contributed by atoms with van der Waals surface area (Å²) in [6.45, 7) is 1.99. The largest absolute Gasteiger partial charge is 0.478 e. The predicted molar refractivity (Wildman–Crippen MR) is 89.8 cm³/mol. The Bertz CT molecular complexity index is 709. The van der Waals surface area contributed by atoms with Crippen molar-refractivity contribution in [3.8, 4) is 11.5 Å². The van der Waals surface area contributed by atoms with Crippen molar-refractivity contribution in [2.45, 2.75) is 6.92 Å². The fourth-order valence-corrected chi connectivity index (χ4v) is 2.42. The number of benzene rings is 2. The molecule has 0 bridgehead atoms. The zero-order valence-corrected chi connectivity index (χ0v) is 14.3. The predicted octanol–water partition coefficient (Wildman–Crippen LogP) is 5.41. The third-order valence-electron chi connectivity index (χ3n) is 2.74. The van der Waals surface area contributed by atoms with Crippen LogP contribution < -0.4 is 4.74 Å². The van der Waals surface area contributed by atoms with Crippen LogP contribution in [-0.4, -0.2) is 11.1 Å². The van der Waals surface area contributed by atoms with Gasteiger partial charge in [-0.2, -0.15) is 0 Å². The number of hydrogen-bond donors (Lipinski definition) is 1. The van der Waals surface area contributed by atoms with Gasteiger partial charge in [0.1, 0.15) is 11.5 Å². The van der Waals surface area contributed by atoms with Crippen LogP contribution in [0, 0.1) is 6.92 Å². The monoisotopic (exact) mass is 410 g/mol. The minimum absolute atomic E-state index is 0.677. The lowest BCUT2D eigenvalue weighted by Gasteiger charge is -2.09. The molecule has 0 unspecified atom stereocenters. The van der Waals surface area contributed by atoms with E-state index in [1.165, 1.54) is 6.08 Å². The third kappa shape index (κ3) is 4.44. The number of carbonyl (C=O) groups is 1. The van der Waals surface area contributed by atoms with Crippen LogP contribution in [0.5, 0.6) is 11.5 Å².